The number of halogens is 1. The Morgan fingerprint density at radius 3 is 2.44 bits per heavy atom. The fourth-order valence-corrected chi connectivity index (χ4v) is 4.36. The first-order chi connectivity index (χ1) is 15.4. The van der Waals surface area contributed by atoms with Crippen LogP contribution in [-0.4, -0.2) is 42.9 Å². The number of carbonyl (C=O) groups is 2. The van der Waals surface area contributed by atoms with Gasteiger partial charge in [0.1, 0.15) is 5.56 Å². The first kappa shape index (κ1) is 21.6. The lowest BCUT2D eigenvalue weighted by atomic mass is 9.87. The maximum atomic E-state index is 12.6. The highest BCUT2D eigenvalue weighted by molar-refractivity contribution is 6.32. The van der Waals surface area contributed by atoms with Gasteiger partial charge in [0.05, 0.1) is 43.4 Å². The standard InChI is InChI=1S/C23H21ClN2O6/c1-30-17-9-8-12(21(31-2)22(17)32-3)13-10-18(27)25-19-14(23(28)29)11-26(20(13)19)16-7-5-4-6-15(16)24/h4-9,11,13H,10H2,1-3H3,(H,25,27)(H,28,29). The van der Waals surface area contributed by atoms with Crippen LogP contribution < -0.4 is 19.5 Å². The van der Waals surface area contributed by atoms with E-state index in [1.54, 1.807) is 41.0 Å². The number of carboxylic acids is 1. The van der Waals surface area contributed by atoms with Crippen LogP contribution in [-0.2, 0) is 4.79 Å². The number of benzene rings is 2. The Morgan fingerprint density at radius 2 is 1.81 bits per heavy atom. The molecule has 166 valence electrons. The van der Waals surface area contributed by atoms with E-state index in [2.05, 4.69) is 5.32 Å². The summed E-state index contributed by atoms with van der Waals surface area (Å²) in [5, 5.41) is 13.0. The molecule has 1 aliphatic rings. The Labute approximate surface area is 189 Å². The molecule has 2 heterocycles. The Balaban J connectivity index is 2.03. The van der Waals surface area contributed by atoms with Gasteiger partial charge in [-0.25, -0.2) is 4.79 Å². The molecule has 0 saturated carbocycles. The summed E-state index contributed by atoms with van der Waals surface area (Å²) in [7, 11) is 4.52. The number of rotatable bonds is 6. The SMILES string of the molecule is COc1ccc(C2CC(=O)Nc3c(C(=O)O)cn(-c4ccccc4Cl)c32)c(OC)c1OC. The van der Waals surface area contributed by atoms with Crippen LogP contribution >= 0.6 is 11.6 Å². The summed E-state index contributed by atoms with van der Waals surface area (Å²) >= 11 is 6.44. The summed E-state index contributed by atoms with van der Waals surface area (Å²) in [6.45, 7) is 0. The maximum absolute atomic E-state index is 12.6. The zero-order valence-corrected chi connectivity index (χ0v) is 18.4. The monoisotopic (exact) mass is 456 g/mol. The molecule has 1 aliphatic heterocycles. The molecule has 32 heavy (non-hydrogen) atoms. The van der Waals surface area contributed by atoms with Gasteiger partial charge < -0.3 is 29.2 Å². The van der Waals surface area contributed by atoms with E-state index in [1.807, 2.05) is 0 Å². The summed E-state index contributed by atoms with van der Waals surface area (Å²) in [4.78, 5) is 24.6. The molecule has 0 saturated heterocycles. The lowest BCUT2D eigenvalue weighted by Gasteiger charge is -2.28. The molecule has 0 spiro atoms. The number of aromatic carboxylic acids is 1. The van der Waals surface area contributed by atoms with Gasteiger partial charge in [-0.15, -0.1) is 0 Å². The van der Waals surface area contributed by atoms with Crippen molar-refractivity contribution in [3.05, 3.63) is 64.4 Å². The normalized spacial score (nSPS) is 15.0. The first-order valence-electron chi connectivity index (χ1n) is 9.73. The number of ether oxygens (including phenoxy) is 3. The Bertz CT molecular complexity index is 1220. The average Bonchev–Trinajstić information content (AvgIpc) is 3.17. The van der Waals surface area contributed by atoms with Crippen molar-refractivity contribution in [2.75, 3.05) is 26.6 Å². The largest absolute Gasteiger partial charge is 0.493 e. The third kappa shape index (κ3) is 3.42. The van der Waals surface area contributed by atoms with Gasteiger partial charge in [0.2, 0.25) is 11.7 Å². The van der Waals surface area contributed by atoms with Crippen molar-refractivity contribution < 1.29 is 28.9 Å². The predicted molar refractivity (Wildman–Crippen MR) is 119 cm³/mol. The highest BCUT2D eigenvalue weighted by atomic mass is 35.5. The zero-order valence-electron chi connectivity index (χ0n) is 17.6. The van der Waals surface area contributed by atoms with Crippen LogP contribution in [0.25, 0.3) is 5.69 Å². The van der Waals surface area contributed by atoms with Crippen LogP contribution in [0.5, 0.6) is 17.2 Å². The van der Waals surface area contributed by atoms with E-state index >= 15 is 0 Å². The highest BCUT2D eigenvalue weighted by Gasteiger charge is 2.37. The van der Waals surface area contributed by atoms with Crippen LogP contribution in [0, 0.1) is 0 Å². The van der Waals surface area contributed by atoms with Gasteiger partial charge in [0.15, 0.2) is 11.5 Å². The van der Waals surface area contributed by atoms with E-state index in [4.69, 9.17) is 25.8 Å². The van der Waals surface area contributed by atoms with Crippen molar-refractivity contribution in [3.63, 3.8) is 0 Å². The molecular weight excluding hydrogens is 436 g/mol. The Kier molecular flexibility index (Phi) is 5.71. The molecule has 8 nitrogen and oxygen atoms in total. The predicted octanol–water partition coefficient (Wildman–Crippen LogP) is 4.33. The van der Waals surface area contributed by atoms with E-state index in [0.717, 1.165) is 0 Å². The fraction of sp³-hybridized carbons (Fsp3) is 0.217. The second-order valence-corrected chi connectivity index (χ2v) is 7.57. The number of methoxy groups -OCH3 is 3. The molecule has 1 amide bonds. The minimum Gasteiger partial charge on any atom is -0.493 e. The number of fused-ring (bicyclic) bond motifs is 1. The molecule has 0 bridgehead atoms. The van der Waals surface area contributed by atoms with Crippen LogP contribution in [0.3, 0.4) is 0 Å². The molecular formula is C23H21ClN2O6. The number of nitrogens with zero attached hydrogens (tertiary/aromatic N) is 1. The lowest BCUT2D eigenvalue weighted by molar-refractivity contribution is -0.116. The topological polar surface area (TPSA) is 99.0 Å². The van der Waals surface area contributed by atoms with E-state index in [9.17, 15) is 14.7 Å². The van der Waals surface area contributed by atoms with Gasteiger partial charge in [-0.1, -0.05) is 29.8 Å². The summed E-state index contributed by atoms with van der Waals surface area (Å²) in [5.74, 6) is -0.735. The number of anilines is 1. The van der Waals surface area contributed by atoms with Gasteiger partial charge in [0, 0.05) is 24.1 Å². The quantitative estimate of drug-likeness (QED) is 0.572. The van der Waals surface area contributed by atoms with E-state index in [-0.39, 0.29) is 23.6 Å². The number of hydrogen-bond acceptors (Lipinski definition) is 5. The Morgan fingerprint density at radius 1 is 1.09 bits per heavy atom. The number of nitrogens with one attached hydrogen (secondary N) is 1. The van der Waals surface area contributed by atoms with Crippen molar-refractivity contribution in [3.8, 4) is 22.9 Å². The van der Waals surface area contributed by atoms with Crippen molar-refractivity contribution in [2.45, 2.75) is 12.3 Å². The van der Waals surface area contributed by atoms with Gasteiger partial charge in [-0.05, 0) is 18.2 Å². The maximum Gasteiger partial charge on any atom is 0.339 e. The molecule has 2 N–H and O–H groups in total. The molecule has 1 unspecified atom stereocenters. The van der Waals surface area contributed by atoms with Gasteiger partial charge in [0.25, 0.3) is 0 Å². The molecule has 0 aliphatic carbocycles. The van der Waals surface area contributed by atoms with Crippen LogP contribution in [0.1, 0.15) is 34.0 Å². The molecule has 1 aromatic heterocycles. The number of aromatic nitrogens is 1. The molecule has 0 fully saturated rings. The fourth-order valence-electron chi connectivity index (χ4n) is 4.13. The third-order valence-electron chi connectivity index (χ3n) is 5.48. The zero-order chi connectivity index (χ0) is 23.0. The van der Waals surface area contributed by atoms with E-state index in [1.165, 1.54) is 27.5 Å². The third-order valence-corrected chi connectivity index (χ3v) is 5.80. The van der Waals surface area contributed by atoms with Gasteiger partial charge in [-0.3, -0.25) is 4.79 Å². The van der Waals surface area contributed by atoms with Gasteiger partial charge >= 0.3 is 5.97 Å². The molecule has 0 radical (unpaired) electrons. The smallest absolute Gasteiger partial charge is 0.339 e. The number of carboxylic acid groups (broad SMARTS) is 1. The summed E-state index contributed by atoms with van der Waals surface area (Å²) in [6, 6.07) is 10.6. The Hall–Kier alpha value is -3.65. The van der Waals surface area contributed by atoms with Crippen molar-refractivity contribution in [1.29, 1.82) is 0 Å². The second-order valence-electron chi connectivity index (χ2n) is 7.16. The minimum atomic E-state index is -1.16. The van der Waals surface area contributed by atoms with Crippen LogP contribution in [0.4, 0.5) is 5.69 Å². The molecule has 3 aromatic rings. The molecule has 1 atom stereocenters. The minimum absolute atomic E-state index is 0.0302. The lowest BCUT2D eigenvalue weighted by Crippen LogP contribution is -2.26. The van der Waals surface area contributed by atoms with Crippen molar-refractivity contribution >= 4 is 29.2 Å². The van der Waals surface area contributed by atoms with E-state index < -0.39 is 11.9 Å². The highest BCUT2D eigenvalue weighted by Crippen LogP contribution is 2.49. The molecule has 9 heteroatoms. The average molecular weight is 457 g/mol. The number of carbonyl (C=O) groups excluding carboxylic acids is 1. The number of para-hydroxylation sites is 1. The van der Waals surface area contributed by atoms with Crippen LogP contribution in [0.2, 0.25) is 5.02 Å². The number of hydrogen-bond donors (Lipinski definition) is 2. The molecule has 2 aromatic carbocycles. The second kappa shape index (κ2) is 8.47. The summed E-state index contributed by atoms with van der Waals surface area (Å²) in [6.07, 6.45) is 1.55. The van der Waals surface area contributed by atoms with Gasteiger partial charge in [-0.2, -0.15) is 0 Å². The summed E-state index contributed by atoms with van der Waals surface area (Å²) < 4.78 is 18.2. The first-order valence-corrected chi connectivity index (χ1v) is 10.1. The van der Waals surface area contributed by atoms with E-state index in [0.29, 0.717) is 39.2 Å². The number of amides is 1. The molecule has 4 rings (SSSR count). The summed E-state index contributed by atoms with van der Waals surface area (Å²) in [5.41, 5.74) is 2.04. The van der Waals surface area contributed by atoms with Crippen molar-refractivity contribution in [1.82, 2.24) is 4.57 Å². The van der Waals surface area contributed by atoms with Crippen molar-refractivity contribution in [2.24, 2.45) is 0 Å². The van der Waals surface area contributed by atoms with Crippen LogP contribution in [0.15, 0.2) is 42.6 Å².